The van der Waals surface area contributed by atoms with Crippen molar-refractivity contribution in [1.82, 2.24) is 9.21 Å². The second kappa shape index (κ2) is 9.94. The van der Waals surface area contributed by atoms with Crippen molar-refractivity contribution in [3.63, 3.8) is 0 Å². The molecule has 3 rings (SSSR count). The van der Waals surface area contributed by atoms with E-state index in [9.17, 15) is 13.2 Å². The molecule has 2 aliphatic rings. The summed E-state index contributed by atoms with van der Waals surface area (Å²) in [5.41, 5.74) is 1.48. The molecule has 0 spiro atoms. The number of rotatable bonds is 7. The third kappa shape index (κ3) is 5.04. The molecule has 1 aliphatic heterocycles. The SMILES string of the molecule is CCN(CC)S(=O)(=O)c1ccc(N2CCN(C)CC2)c(NC(=O)[C@H]2CC=CCC2)c1. The molecular formula is C22H34N4O3S. The summed E-state index contributed by atoms with van der Waals surface area (Å²) in [4.78, 5) is 17.6. The van der Waals surface area contributed by atoms with Gasteiger partial charge in [0, 0.05) is 45.2 Å². The Hall–Kier alpha value is -1.90. The van der Waals surface area contributed by atoms with Gasteiger partial charge < -0.3 is 15.1 Å². The number of nitrogens with one attached hydrogen (secondary N) is 1. The van der Waals surface area contributed by atoms with Gasteiger partial charge in [-0.15, -0.1) is 0 Å². The van der Waals surface area contributed by atoms with Crippen molar-refractivity contribution in [3.05, 3.63) is 30.4 Å². The fourth-order valence-electron chi connectivity index (χ4n) is 4.08. The van der Waals surface area contributed by atoms with E-state index in [2.05, 4.69) is 34.3 Å². The Morgan fingerprint density at radius 1 is 1.13 bits per heavy atom. The molecule has 1 aromatic carbocycles. The first-order valence-corrected chi connectivity index (χ1v) is 12.3. The first kappa shape index (κ1) is 22.8. The first-order valence-electron chi connectivity index (χ1n) is 10.9. The summed E-state index contributed by atoms with van der Waals surface area (Å²) >= 11 is 0. The third-order valence-electron chi connectivity index (χ3n) is 6.05. The van der Waals surface area contributed by atoms with Crippen LogP contribution in [0.25, 0.3) is 0 Å². The predicted octanol–water partition coefficient (Wildman–Crippen LogP) is 2.76. The number of allylic oxidation sites excluding steroid dienone is 2. The molecule has 0 aromatic heterocycles. The van der Waals surface area contributed by atoms with E-state index in [1.807, 2.05) is 19.9 Å². The van der Waals surface area contributed by atoms with Gasteiger partial charge in [0.1, 0.15) is 0 Å². The Kier molecular flexibility index (Phi) is 7.55. The third-order valence-corrected chi connectivity index (χ3v) is 8.10. The Balaban J connectivity index is 1.94. The molecule has 1 amide bonds. The topological polar surface area (TPSA) is 73.0 Å². The van der Waals surface area contributed by atoms with Crippen molar-refractivity contribution in [2.45, 2.75) is 38.0 Å². The quantitative estimate of drug-likeness (QED) is 0.668. The maximum Gasteiger partial charge on any atom is 0.243 e. The lowest BCUT2D eigenvalue weighted by Crippen LogP contribution is -2.44. The summed E-state index contributed by atoms with van der Waals surface area (Å²) in [6.45, 7) is 8.03. The van der Waals surface area contributed by atoms with Crippen LogP contribution < -0.4 is 10.2 Å². The molecule has 1 heterocycles. The van der Waals surface area contributed by atoms with Crippen LogP contribution in [0.1, 0.15) is 33.1 Å². The summed E-state index contributed by atoms with van der Waals surface area (Å²) in [6, 6.07) is 5.15. The number of hydrogen-bond donors (Lipinski definition) is 1. The molecule has 0 bridgehead atoms. The summed E-state index contributed by atoms with van der Waals surface area (Å²) in [7, 11) is -1.50. The highest BCUT2D eigenvalue weighted by Gasteiger charge is 2.26. The van der Waals surface area contributed by atoms with Gasteiger partial charge in [0.15, 0.2) is 0 Å². The van der Waals surface area contributed by atoms with Gasteiger partial charge in [-0.25, -0.2) is 8.42 Å². The maximum absolute atomic E-state index is 13.0. The van der Waals surface area contributed by atoms with Crippen molar-refractivity contribution in [1.29, 1.82) is 0 Å². The van der Waals surface area contributed by atoms with Crippen molar-refractivity contribution in [2.24, 2.45) is 5.92 Å². The van der Waals surface area contributed by atoms with Gasteiger partial charge in [-0.1, -0.05) is 26.0 Å². The van der Waals surface area contributed by atoms with E-state index in [0.717, 1.165) is 51.1 Å². The average Bonchev–Trinajstić information content (AvgIpc) is 2.75. The van der Waals surface area contributed by atoms with Crippen LogP contribution in [0.3, 0.4) is 0 Å². The molecule has 0 unspecified atom stereocenters. The van der Waals surface area contributed by atoms with Crippen molar-refractivity contribution in [2.75, 3.05) is 56.5 Å². The molecule has 1 aromatic rings. The van der Waals surface area contributed by atoms with Crippen molar-refractivity contribution in [3.8, 4) is 0 Å². The van der Waals surface area contributed by atoms with Crippen LogP contribution in [-0.4, -0.2) is 69.8 Å². The summed E-state index contributed by atoms with van der Waals surface area (Å²) in [5.74, 6) is -0.106. The molecule has 7 nitrogen and oxygen atoms in total. The largest absolute Gasteiger partial charge is 0.367 e. The lowest BCUT2D eigenvalue weighted by Gasteiger charge is -2.35. The standard InChI is InChI=1S/C22H34N4O3S/c1-4-26(5-2)30(28,29)19-11-12-21(25-15-13-24(3)14-16-25)20(17-19)23-22(27)18-9-7-6-8-10-18/h6-7,11-12,17-18H,4-5,8-10,13-16H2,1-3H3,(H,23,27)/t18-/m0/s1. The van der Waals surface area contributed by atoms with Gasteiger partial charge in [0.05, 0.1) is 16.3 Å². The number of carbonyl (C=O) groups excluding carboxylic acids is 1. The molecule has 0 saturated carbocycles. The zero-order chi connectivity index (χ0) is 21.7. The highest BCUT2D eigenvalue weighted by molar-refractivity contribution is 7.89. The van der Waals surface area contributed by atoms with Crippen molar-refractivity contribution < 1.29 is 13.2 Å². The molecular weight excluding hydrogens is 400 g/mol. The smallest absolute Gasteiger partial charge is 0.243 e. The van der Waals surface area contributed by atoms with E-state index in [1.54, 1.807) is 12.1 Å². The van der Waals surface area contributed by atoms with Crippen LogP contribution in [0, 0.1) is 5.92 Å². The van der Waals surface area contributed by atoms with E-state index in [4.69, 9.17) is 0 Å². The molecule has 166 valence electrons. The first-order chi connectivity index (χ1) is 14.4. The molecule has 1 aliphatic carbocycles. The van der Waals surface area contributed by atoms with Gasteiger partial charge in [0.25, 0.3) is 0 Å². The average molecular weight is 435 g/mol. The normalized spacial score (nSPS) is 20.5. The molecule has 1 saturated heterocycles. The molecule has 1 atom stereocenters. The summed E-state index contributed by atoms with van der Waals surface area (Å²) in [5, 5.41) is 3.07. The van der Waals surface area contributed by atoms with Gasteiger partial charge in [-0.3, -0.25) is 4.79 Å². The Labute approximate surface area is 180 Å². The van der Waals surface area contributed by atoms with E-state index < -0.39 is 10.0 Å². The van der Waals surface area contributed by atoms with Crippen LogP contribution in [0.5, 0.6) is 0 Å². The van der Waals surface area contributed by atoms with E-state index in [0.29, 0.717) is 18.8 Å². The summed E-state index contributed by atoms with van der Waals surface area (Å²) < 4.78 is 27.5. The molecule has 30 heavy (non-hydrogen) atoms. The Morgan fingerprint density at radius 2 is 1.83 bits per heavy atom. The number of carbonyl (C=O) groups is 1. The second-order valence-electron chi connectivity index (χ2n) is 8.03. The minimum atomic E-state index is -3.60. The van der Waals surface area contributed by atoms with Gasteiger partial charge in [-0.05, 0) is 44.5 Å². The lowest BCUT2D eigenvalue weighted by atomic mass is 9.93. The minimum Gasteiger partial charge on any atom is -0.367 e. The van der Waals surface area contributed by atoms with E-state index in [1.165, 1.54) is 4.31 Å². The van der Waals surface area contributed by atoms with E-state index >= 15 is 0 Å². The summed E-state index contributed by atoms with van der Waals surface area (Å²) in [6.07, 6.45) is 6.61. The lowest BCUT2D eigenvalue weighted by molar-refractivity contribution is -0.120. The fourth-order valence-corrected chi connectivity index (χ4v) is 5.56. The van der Waals surface area contributed by atoms with E-state index in [-0.39, 0.29) is 16.7 Å². The highest BCUT2D eigenvalue weighted by atomic mass is 32.2. The highest BCUT2D eigenvalue weighted by Crippen LogP contribution is 2.32. The molecule has 1 fully saturated rings. The van der Waals surface area contributed by atoms with Crippen LogP contribution >= 0.6 is 0 Å². The van der Waals surface area contributed by atoms with Gasteiger partial charge in [-0.2, -0.15) is 4.31 Å². The second-order valence-corrected chi connectivity index (χ2v) is 9.97. The maximum atomic E-state index is 13.0. The van der Waals surface area contributed by atoms with Gasteiger partial charge in [0.2, 0.25) is 15.9 Å². The van der Waals surface area contributed by atoms with Crippen LogP contribution in [-0.2, 0) is 14.8 Å². The molecule has 1 N–H and O–H groups in total. The van der Waals surface area contributed by atoms with Crippen LogP contribution in [0.2, 0.25) is 0 Å². The molecule has 8 heteroatoms. The number of nitrogens with zero attached hydrogens (tertiary/aromatic N) is 3. The fraction of sp³-hybridized carbons (Fsp3) is 0.591. The number of benzene rings is 1. The Bertz CT molecular complexity index is 872. The number of amides is 1. The van der Waals surface area contributed by atoms with Crippen LogP contribution in [0.4, 0.5) is 11.4 Å². The number of anilines is 2. The monoisotopic (exact) mass is 434 g/mol. The minimum absolute atomic E-state index is 0.0351. The van der Waals surface area contributed by atoms with Crippen molar-refractivity contribution >= 4 is 27.3 Å². The Morgan fingerprint density at radius 3 is 2.43 bits per heavy atom. The number of hydrogen-bond acceptors (Lipinski definition) is 5. The number of likely N-dealkylation sites (N-methyl/N-ethyl adjacent to an activating group) is 1. The van der Waals surface area contributed by atoms with Crippen LogP contribution in [0.15, 0.2) is 35.2 Å². The predicted molar refractivity (Wildman–Crippen MR) is 121 cm³/mol. The zero-order valence-electron chi connectivity index (χ0n) is 18.3. The van der Waals surface area contributed by atoms with Gasteiger partial charge >= 0.3 is 0 Å². The number of piperazine rings is 1. The molecule has 0 radical (unpaired) electrons. The zero-order valence-corrected chi connectivity index (χ0v) is 19.1. The number of sulfonamides is 1.